The monoisotopic (exact) mass is 473 g/mol. The van der Waals surface area contributed by atoms with Crippen molar-refractivity contribution in [2.45, 2.75) is 12.6 Å². The van der Waals surface area contributed by atoms with Crippen LogP contribution in [0.5, 0.6) is 0 Å². The predicted octanol–water partition coefficient (Wildman–Crippen LogP) is 5.01. The zero-order valence-corrected chi connectivity index (χ0v) is 18.0. The van der Waals surface area contributed by atoms with Crippen LogP contribution < -0.4 is 0 Å². The minimum Gasteiger partial charge on any atom is -0.480 e. The molecule has 0 amide bonds. The molecule has 1 N–H and O–H groups in total. The molecule has 4 aromatic rings. The lowest BCUT2D eigenvalue weighted by atomic mass is 10.2. The number of halogens is 2. The molecule has 9 nitrogen and oxygen atoms in total. The van der Waals surface area contributed by atoms with E-state index in [1.807, 2.05) is 6.07 Å². The SMILES string of the molecule is O=C(O)C(Cn1cc(-c2ccccn2)nn1)N=Nc1nc(-c2ccc(Cl)c(Cl)c2)cs1. The Balaban J connectivity index is 1.48. The summed E-state index contributed by atoms with van der Waals surface area (Å²) < 4.78 is 1.39. The first-order valence-electron chi connectivity index (χ1n) is 8.86. The molecule has 3 aromatic heterocycles. The summed E-state index contributed by atoms with van der Waals surface area (Å²) in [4.78, 5) is 20.2. The average molecular weight is 474 g/mol. The second-order valence-electron chi connectivity index (χ2n) is 6.25. The summed E-state index contributed by atoms with van der Waals surface area (Å²) in [6, 6.07) is 9.41. The number of carboxylic acid groups (broad SMARTS) is 1. The quantitative estimate of drug-likeness (QED) is 0.376. The zero-order chi connectivity index (χ0) is 21.8. The Morgan fingerprint density at radius 3 is 2.77 bits per heavy atom. The molecule has 4 rings (SSSR count). The molecule has 0 bridgehead atoms. The molecular formula is C19H13Cl2N7O2S. The van der Waals surface area contributed by atoms with Gasteiger partial charge in [0.05, 0.1) is 34.2 Å². The number of rotatable bonds is 7. The summed E-state index contributed by atoms with van der Waals surface area (Å²) in [5.74, 6) is -1.14. The maximum absolute atomic E-state index is 11.6. The molecule has 1 unspecified atom stereocenters. The highest BCUT2D eigenvalue weighted by atomic mass is 35.5. The van der Waals surface area contributed by atoms with E-state index in [1.165, 1.54) is 16.0 Å². The molecule has 156 valence electrons. The van der Waals surface area contributed by atoms with Crippen LogP contribution in [0.15, 0.2) is 64.4 Å². The van der Waals surface area contributed by atoms with Crippen molar-refractivity contribution in [2.24, 2.45) is 10.2 Å². The first kappa shape index (κ1) is 21.0. The number of carboxylic acids is 1. The van der Waals surface area contributed by atoms with Gasteiger partial charge in [-0.15, -0.1) is 21.5 Å². The highest BCUT2D eigenvalue weighted by Crippen LogP contribution is 2.31. The van der Waals surface area contributed by atoms with Gasteiger partial charge >= 0.3 is 5.97 Å². The fraction of sp³-hybridized carbons (Fsp3) is 0.105. The van der Waals surface area contributed by atoms with Crippen LogP contribution in [0.25, 0.3) is 22.6 Å². The second-order valence-corrected chi connectivity index (χ2v) is 7.91. The Morgan fingerprint density at radius 2 is 2.03 bits per heavy atom. The van der Waals surface area contributed by atoms with Crippen LogP contribution in [0.1, 0.15) is 0 Å². The van der Waals surface area contributed by atoms with Gasteiger partial charge in [-0.2, -0.15) is 5.11 Å². The zero-order valence-electron chi connectivity index (χ0n) is 15.6. The van der Waals surface area contributed by atoms with Gasteiger partial charge in [-0.3, -0.25) is 4.98 Å². The summed E-state index contributed by atoms with van der Waals surface area (Å²) in [7, 11) is 0. The maximum Gasteiger partial charge on any atom is 0.332 e. The molecule has 0 radical (unpaired) electrons. The molecule has 0 aliphatic heterocycles. The predicted molar refractivity (Wildman–Crippen MR) is 117 cm³/mol. The Bertz CT molecular complexity index is 1240. The number of carbonyl (C=O) groups is 1. The van der Waals surface area contributed by atoms with Gasteiger partial charge in [-0.1, -0.05) is 40.5 Å². The molecule has 12 heteroatoms. The van der Waals surface area contributed by atoms with Gasteiger partial charge < -0.3 is 5.11 Å². The Morgan fingerprint density at radius 1 is 1.16 bits per heavy atom. The van der Waals surface area contributed by atoms with E-state index < -0.39 is 12.0 Å². The van der Waals surface area contributed by atoms with Crippen molar-refractivity contribution < 1.29 is 9.90 Å². The van der Waals surface area contributed by atoms with Gasteiger partial charge in [0.1, 0.15) is 5.69 Å². The number of thiazole rings is 1. The fourth-order valence-electron chi connectivity index (χ4n) is 2.58. The standard InChI is InChI=1S/C19H13Cl2N7O2S/c20-12-5-4-11(7-13(12)21)17-10-31-19(23-17)26-24-16(18(29)30)9-28-8-15(25-27-28)14-3-1-2-6-22-14/h1-8,10,16H,9H2,(H,29,30). The smallest absolute Gasteiger partial charge is 0.332 e. The number of hydrogen-bond donors (Lipinski definition) is 1. The highest BCUT2D eigenvalue weighted by molar-refractivity contribution is 7.13. The number of benzene rings is 1. The van der Waals surface area contributed by atoms with E-state index in [2.05, 4.69) is 30.5 Å². The van der Waals surface area contributed by atoms with E-state index in [9.17, 15) is 9.90 Å². The third-order valence-electron chi connectivity index (χ3n) is 4.10. The van der Waals surface area contributed by atoms with Crippen LogP contribution in [0.4, 0.5) is 5.13 Å². The van der Waals surface area contributed by atoms with E-state index >= 15 is 0 Å². The first-order chi connectivity index (χ1) is 15.0. The second kappa shape index (κ2) is 9.29. The average Bonchev–Trinajstić information content (AvgIpc) is 3.43. The molecule has 3 heterocycles. The van der Waals surface area contributed by atoms with Gasteiger partial charge in [-0.25, -0.2) is 14.5 Å². The summed E-state index contributed by atoms with van der Waals surface area (Å²) in [6.45, 7) is -0.0380. The Hall–Kier alpha value is -3.21. The molecule has 0 spiro atoms. The topological polar surface area (TPSA) is 119 Å². The van der Waals surface area contributed by atoms with E-state index in [-0.39, 0.29) is 6.54 Å². The normalized spacial score (nSPS) is 12.3. The number of nitrogens with zero attached hydrogens (tertiary/aromatic N) is 7. The van der Waals surface area contributed by atoms with Crippen LogP contribution in [-0.2, 0) is 11.3 Å². The number of aromatic nitrogens is 5. The molecule has 1 aromatic carbocycles. The van der Waals surface area contributed by atoms with Crippen molar-refractivity contribution in [1.29, 1.82) is 0 Å². The largest absolute Gasteiger partial charge is 0.480 e. The van der Waals surface area contributed by atoms with Crippen molar-refractivity contribution in [2.75, 3.05) is 0 Å². The minimum absolute atomic E-state index is 0.0380. The van der Waals surface area contributed by atoms with E-state index in [0.717, 1.165) is 5.56 Å². The fourth-order valence-corrected chi connectivity index (χ4v) is 3.53. The van der Waals surface area contributed by atoms with Crippen molar-refractivity contribution in [3.63, 3.8) is 0 Å². The van der Waals surface area contributed by atoms with Gasteiger partial charge in [0.2, 0.25) is 5.13 Å². The van der Waals surface area contributed by atoms with Crippen LogP contribution in [0.3, 0.4) is 0 Å². The van der Waals surface area contributed by atoms with Gasteiger partial charge in [0.15, 0.2) is 6.04 Å². The molecule has 0 aliphatic carbocycles. The molecule has 0 saturated carbocycles. The van der Waals surface area contributed by atoms with E-state index in [4.69, 9.17) is 23.2 Å². The Labute approximate surface area is 190 Å². The molecule has 0 aliphatic rings. The summed E-state index contributed by atoms with van der Waals surface area (Å²) in [5, 5.41) is 28.4. The minimum atomic E-state index is -1.16. The highest BCUT2D eigenvalue weighted by Gasteiger charge is 2.19. The Kier molecular flexibility index (Phi) is 6.31. The van der Waals surface area contributed by atoms with Crippen molar-refractivity contribution in [3.05, 3.63) is 64.2 Å². The van der Waals surface area contributed by atoms with Crippen molar-refractivity contribution in [1.82, 2.24) is 25.0 Å². The lowest BCUT2D eigenvalue weighted by molar-refractivity contribution is -0.138. The van der Waals surface area contributed by atoms with Crippen molar-refractivity contribution in [3.8, 4) is 22.6 Å². The van der Waals surface area contributed by atoms with E-state index in [1.54, 1.807) is 48.1 Å². The van der Waals surface area contributed by atoms with Crippen LogP contribution in [0.2, 0.25) is 10.0 Å². The third-order valence-corrected chi connectivity index (χ3v) is 5.57. The summed E-state index contributed by atoms with van der Waals surface area (Å²) >= 11 is 13.2. The van der Waals surface area contributed by atoms with Crippen LogP contribution in [-0.4, -0.2) is 42.1 Å². The molecule has 0 fully saturated rings. The number of azo groups is 1. The number of pyridine rings is 1. The van der Waals surface area contributed by atoms with Crippen LogP contribution >= 0.6 is 34.5 Å². The summed E-state index contributed by atoms with van der Waals surface area (Å²) in [5.41, 5.74) is 2.58. The first-order valence-corrected chi connectivity index (χ1v) is 10.5. The molecule has 31 heavy (non-hydrogen) atoms. The molecule has 1 atom stereocenters. The van der Waals surface area contributed by atoms with Crippen LogP contribution in [0, 0.1) is 0 Å². The molecule has 0 saturated heterocycles. The number of aliphatic carboxylic acids is 1. The number of hydrogen-bond acceptors (Lipinski definition) is 8. The van der Waals surface area contributed by atoms with Gasteiger partial charge in [0, 0.05) is 17.1 Å². The lowest BCUT2D eigenvalue weighted by Crippen LogP contribution is -2.24. The van der Waals surface area contributed by atoms with Crippen molar-refractivity contribution >= 4 is 45.6 Å². The molecular weight excluding hydrogens is 461 g/mol. The van der Waals surface area contributed by atoms with Gasteiger partial charge in [0.25, 0.3) is 0 Å². The van der Waals surface area contributed by atoms with E-state index in [0.29, 0.717) is 32.3 Å². The summed E-state index contributed by atoms with van der Waals surface area (Å²) in [6.07, 6.45) is 3.25. The van der Waals surface area contributed by atoms with Gasteiger partial charge in [-0.05, 0) is 24.3 Å². The maximum atomic E-state index is 11.6. The lowest BCUT2D eigenvalue weighted by Gasteiger charge is -2.04. The third kappa shape index (κ3) is 5.10.